The molecule has 1 saturated heterocycles. The second-order valence-corrected chi connectivity index (χ2v) is 7.32. The van der Waals surface area contributed by atoms with Gasteiger partial charge in [0.15, 0.2) is 11.2 Å². The lowest BCUT2D eigenvalue weighted by atomic mass is 10.2. The molecule has 2 heterocycles. The SMILES string of the molecule is CCCC1NS(=O)(=O)N(C(S)c2nnnn2-c2ccccc2)C1=O. The molecule has 11 heteroatoms. The van der Waals surface area contributed by atoms with E-state index in [0.717, 1.165) is 0 Å². The third kappa shape index (κ3) is 2.89. The van der Waals surface area contributed by atoms with E-state index in [1.165, 1.54) is 4.68 Å². The molecule has 0 spiro atoms. The lowest BCUT2D eigenvalue weighted by molar-refractivity contribution is -0.127. The fourth-order valence-electron chi connectivity index (χ4n) is 2.50. The molecular formula is C13H16N6O3S2. The van der Waals surface area contributed by atoms with Crippen molar-refractivity contribution >= 4 is 28.7 Å². The van der Waals surface area contributed by atoms with E-state index in [-0.39, 0.29) is 5.82 Å². The van der Waals surface area contributed by atoms with Crippen LogP contribution in [0.4, 0.5) is 0 Å². The minimum absolute atomic E-state index is 0.139. The molecule has 3 rings (SSSR count). The predicted octanol–water partition coefficient (Wildman–Crippen LogP) is 0.436. The zero-order valence-corrected chi connectivity index (χ0v) is 14.5. The van der Waals surface area contributed by atoms with Crippen LogP contribution >= 0.6 is 12.6 Å². The van der Waals surface area contributed by atoms with Gasteiger partial charge in [-0.2, -0.15) is 17.8 Å². The molecule has 1 aliphatic rings. The van der Waals surface area contributed by atoms with Crippen molar-refractivity contribution in [1.82, 2.24) is 29.2 Å². The fraction of sp³-hybridized carbons (Fsp3) is 0.385. The van der Waals surface area contributed by atoms with E-state index in [2.05, 4.69) is 32.9 Å². The number of nitrogens with one attached hydrogen (secondary N) is 1. The molecule has 128 valence electrons. The van der Waals surface area contributed by atoms with Crippen molar-refractivity contribution in [2.24, 2.45) is 0 Å². The zero-order chi connectivity index (χ0) is 17.3. The second kappa shape index (κ2) is 6.49. The van der Waals surface area contributed by atoms with Crippen molar-refractivity contribution in [1.29, 1.82) is 0 Å². The fourth-order valence-corrected chi connectivity index (χ4v) is 4.56. The Kier molecular flexibility index (Phi) is 4.56. The van der Waals surface area contributed by atoms with Crippen LogP contribution in [0.25, 0.3) is 5.69 Å². The molecule has 9 nitrogen and oxygen atoms in total. The normalized spacial score (nSPS) is 21.2. The van der Waals surface area contributed by atoms with E-state index < -0.39 is 27.5 Å². The van der Waals surface area contributed by atoms with Crippen molar-refractivity contribution in [2.45, 2.75) is 31.2 Å². The maximum absolute atomic E-state index is 12.5. The lowest BCUT2D eigenvalue weighted by Crippen LogP contribution is -2.35. The Morgan fingerprint density at radius 3 is 2.71 bits per heavy atom. The topological polar surface area (TPSA) is 110 Å². The van der Waals surface area contributed by atoms with Crippen LogP contribution < -0.4 is 4.72 Å². The van der Waals surface area contributed by atoms with Gasteiger partial charge in [-0.3, -0.25) is 4.79 Å². The van der Waals surface area contributed by atoms with Crippen LogP contribution in [-0.4, -0.2) is 44.9 Å². The van der Waals surface area contributed by atoms with Gasteiger partial charge in [0.05, 0.1) is 5.69 Å². The highest BCUT2D eigenvalue weighted by atomic mass is 32.2. The number of amides is 1. The number of carbonyl (C=O) groups excluding carboxylic acids is 1. The number of aromatic nitrogens is 4. The third-order valence-electron chi connectivity index (χ3n) is 3.59. The Hall–Kier alpha value is -1.98. The number of rotatable bonds is 5. The second-order valence-electron chi connectivity index (χ2n) is 5.26. The van der Waals surface area contributed by atoms with Crippen molar-refractivity contribution in [2.75, 3.05) is 0 Å². The van der Waals surface area contributed by atoms with Gasteiger partial charge in [0, 0.05) is 0 Å². The molecule has 1 aliphatic heterocycles. The zero-order valence-electron chi connectivity index (χ0n) is 12.8. The summed E-state index contributed by atoms with van der Waals surface area (Å²) < 4.78 is 29.0. The monoisotopic (exact) mass is 368 g/mol. The average molecular weight is 368 g/mol. The smallest absolute Gasteiger partial charge is 0.272 e. The largest absolute Gasteiger partial charge is 0.305 e. The number of tetrazole rings is 1. The van der Waals surface area contributed by atoms with Gasteiger partial charge < -0.3 is 0 Å². The van der Waals surface area contributed by atoms with Gasteiger partial charge in [-0.1, -0.05) is 31.5 Å². The minimum atomic E-state index is -3.98. The molecule has 2 unspecified atom stereocenters. The maximum Gasteiger partial charge on any atom is 0.305 e. The van der Waals surface area contributed by atoms with Crippen molar-refractivity contribution < 1.29 is 13.2 Å². The first-order valence-corrected chi connectivity index (χ1v) is 9.28. The first kappa shape index (κ1) is 16.9. The average Bonchev–Trinajstić information content (AvgIpc) is 3.12. The quantitative estimate of drug-likeness (QED) is 0.741. The summed E-state index contributed by atoms with van der Waals surface area (Å²) in [6, 6.07) is 8.17. The van der Waals surface area contributed by atoms with Crippen LogP contribution in [-0.2, 0) is 15.0 Å². The van der Waals surface area contributed by atoms with Gasteiger partial charge in [0.2, 0.25) is 0 Å². The number of nitrogens with zero attached hydrogens (tertiary/aromatic N) is 5. The van der Waals surface area contributed by atoms with Gasteiger partial charge in [0.1, 0.15) is 6.04 Å². The van der Waals surface area contributed by atoms with Crippen LogP contribution in [0.15, 0.2) is 30.3 Å². The Morgan fingerprint density at radius 1 is 1.33 bits per heavy atom. The summed E-state index contributed by atoms with van der Waals surface area (Å²) in [5.41, 5.74) is 0.638. The van der Waals surface area contributed by atoms with Gasteiger partial charge >= 0.3 is 10.2 Å². The summed E-state index contributed by atoms with van der Waals surface area (Å²) in [7, 11) is -3.98. The van der Waals surface area contributed by atoms with Gasteiger partial charge in [-0.15, -0.1) is 17.7 Å². The number of carbonyl (C=O) groups is 1. The molecule has 24 heavy (non-hydrogen) atoms. The van der Waals surface area contributed by atoms with E-state index in [1.54, 1.807) is 24.3 Å². The molecule has 2 atom stereocenters. The summed E-state index contributed by atoms with van der Waals surface area (Å²) in [6.07, 6.45) is 1.09. The first-order valence-electron chi connectivity index (χ1n) is 7.33. The number of hydrogen-bond acceptors (Lipinski definition) is 7. The van der Waals surface area contributed by atoms with Gasteiger partial charge in [-0.25, -0.2) is 4.31 Å². The molecule has 0 aliphatic carbocycles. The van der Waals surface area contributed by atoms with E-state index in [0.29, 0.717) is 22.8 Å². The van der Waals surface area contributed by atoms with E-state index >= 15 is 0 Å². The summed E-state index contributed by atoms with van der Waals surface area (Å²) >= 11 is 4.30. The molecule has 0 saturated carbocycles. The van der Waals surface area contributed by atoms with Crippen LogP contribution in [0, 0.1) is 0 Å². The summed E-state index contributed by atoms with van der Waals surface area (Å²) in [4.78, 5) is 12.5. The number of thiol groups is 1. The van der Waals surface area contributed by atoms with Crippen LogP contribution in [0.2, 0.25) is 0 Å². The van der Waals surface area contributed by atoms with Gasteiger partial charge in [-0.05, 0) is 29.0 Å². The predicted molar refractivity (Wildman–Crippen MR) is 88.5 cm³/mol. The summed E-state index contributed by atoms with van der Waals surface area (Å²) in [6.45, 7) is 1.87. The van der Waals surface area contributed by atoms with E-state index in [9.17, 15) is 13.2 Å². The van der Waals surface area contributed by atoms with E-state index in [1.807, 2.05) is 13.0 Å². The summed E-state index contributed by atoms with van der Waals surface area (Å²) in [5, 5.41) is 10.2. The molecular weight excluding hydrogens is 352 g/mol. The lowest BCUT2D eigenvalue weighted by Gasteiger charge is -2.20. The molecule has 0 radical (unpaired) electrons. The summed E-state index contributed by atoms with van der Waals surface area (Å²) in [5.74, 6) is -0.417. The number of benzene rings is 1. The maximum atomic E-state index is 12.5. The van der Waals surface area contributed by atoms with Crippen LogP contribution in [0.1, 0.15) is 31.0 Å². The Labute approximate surface area is 144 Å². The van der Waals surface area contributed by atoms with Crippen molar-refractivity contribution in [3.63, 3.8) is 0 Å². The Bertz CT molecular complexity index is 838. The molecule has 0 bridgehead atoms. The first-order chi connectivity index (χ1) is 11.5. The molecule has 1 fully saturated rings. The van der Waals surface area contributed by atoms with Crippen molar-refractivity contribution in [3.8, 4) is 5.69 Å². The van der Waals surface area contributed by atoms with E-state index in [4.69, 9.17) is 0 Å². The molecule has 1 amide bonds. The Balaban J connectivity index is 1.97. The number of para-hydroxylation sites is 1. The molecule has 2 aromatic rings. The van der Waals surface area contributed by atoms with Gasteiger partial charge in [0.25, 0.3) is 5.91 Å². The van der Waals surface area contributed by atoms with Crippen LogP contribution in [0.3, 0.4) is 0 Å². The highest BCUT2D eigenvalue weighted by Gasteiger charge is 2.47. The molecule has 1 aromatic carbocycles. The minimum Gasteiger partial charge on any atom is -0.272 e. The van der Waals surface area contributed by atoms with Crippen molar-refractivity contribution in [3.05, 3.63) is 36.2 Å². The van der Waals surface area contributed by atoms with Crippen LogP contribution in [0.5, 0.6) is 0 Å². The highest BCUT2D eigenvalue weighted by molar-refractivity contribution is 7.89. The highest BCUT2D eigenvalue weighted by Crippen LogP contribution is 2.31. The number of hydrogen-bond donors (Lipinski definition) is 2. The standard InChI is InChI=1S/C13H16N6O3S2/c1-2-6-10-12(20)19(24(21,22)15-10)13(23)11-14-16-17-18(11)9-7-4-3-5-8-9/h3-5,7-8,10,13,15,23H,2,6H2,1H3. The Morgan fingerprint density at radius 2 is 2.04 bits per heavy atom. The third-order valence-corrected chi connectivity index (χ3v) is 5.70. The molecule has 1 N–H and O–H groups in total. The molecule has 1 aromatic heterocycles.